The Bertz CT molecular complexity index is 1110. The standard InChI is InChI=1S/C23H17Cl3N2O/c1-13-2-4-15(5-3-13)23-28-21(18-10-17(25)11-19(26)22(18)29-23)12-20(27-28)14-6-8-16(24)9-7-14/h2-11,21,23H,12H2,1H3. The van der Waals surface area contributed by atoms with E-state index in [1.165, 1.54) is 5.56 Å². The highest BCUT2D eigenvalue weighted by molar-refractivity contribution is 6.35. The smallest absolute Gasteiger partial charge is 0.213 e. The molecule has 5 rings (SSSR count). The van der Waals surface area contributed by atoms with Crippen molar-refractivity contribution in [2.24, 2.45) is 5.10 Å². The van der Waals surface area contributed by atoms with Crippen LogP contribution in [0.15, 0.2) is 65.8 Å². The Labute approximate surface area is 184 Å². The predicted molar refractivity (Wildman–Crippen MR) is 118 cm³/mol. The van der Waals surface area contributed by atoms with Gasteiger partial charge in [-0.25, -0.2) is 5.01 Å². The summed E-state index contributed by atoms with van der Waals surface area (Å²) in [7, 11) is 0. The maximum absolute atomic E-state index is 6.51. The molecular weight excluding hydrogens is 427 g/mol. The second-order valence-electron chi connectivity index (χ2n) is 7.34. The van der Waals surface area contributed by atoms with Crippen LogP contribution in [0, 0.1) is 6.92 Å². The first-order chi connectivity index (χ1) is 14.0. The molecule has 0 amide bonds. The van der Waals surface area contributed by atoms with Gasteiger partial charge < -0.3 is 4.74 Å². The third kappa shape index (κ3) is 3.38. The summed E-state index contributed by atoms with van der Waals surface area (Å²) in [5.74, 6) is 0.676. The summed E-state index contributed by atoms with van der Waals surface area (Å²) >= 11 is 18.9. The lowest BCUT2D eigenvalue weighted by Crippen LogP contribution is -2.33. The van der Waals surface area contributed by atoms with Gasteiger partial charge in [-0.3, -0.25) is 0 Å². The van der Waals surface area contributed by atoms with Gasteiger partial charge in [-0.05, 0) is 36.8 Å². The molecule has 0 fully saturated rings. The zero-order chi connectivity index (χ0) is 20.1. The number of hydrogen-bond acceptors (Lipinski definition) is 3. The van der Waals surface area contributed by atoms with Gasteiger partial charge in [-0.1, -0.05) is 76.8 Å². The molecule has 146 valence electrons. The second kappa shape index (κ2) is 7.24. The highest BCUT2D eigenvalue weighted by atomic mass is 35.5. The second-order valence-corrected chi connectivity index (χ2v) is 8.62. The van der Waals surface area contributed by atoms with E-state index < -0.39 is 0 Å². The number of nitrogens with zero attached hydrogens (tertiary/aromatic N) is 2. The van der Waals surface area contributed by atoms with Crippen molar-refractivity contribution < 1.29 is 4.74 Å². The van der Waals surface area contributed by atoms with Gasteiger partial charge in [0.15, 0.2) is 0 Å². The van der Waals surface area contributed by atoms with Crippen molar-refractivity contribution in [2.45, 2.75) is 25.6 Å². The topological polar surface area (TPSA) is 24.8 Å². The van der Waals surface area contributed by atoms with E-state index in [9.17, 15) is 0 Å². The highest BCUT2D eigenvalue weighted by Crippen LogP contribution is 2.50. The molecule has 2 atom stereocenters. The van der Waals surface area contributed by atoms with Crippen LogP contribution in [0.4, 0.5) is 0 Å². The Kier molecular flexibility index (Phi) is 4.70. The average Bonchev–Trinajstić information content (AvgIpc) is 3.14. The fourth-order valence-electron chi connectivity index (χ4n) is 3.88. The van der Waals surface area contributed by atoms with Crippen LogP contribution in [-0.2, 0) is 0 Å². The molecule has 0 aliphatic carbocycles. The van der Waals surface area contributed by atoms with Crippen molar-refractivity contribution in [3.8, 4) is 5.75 Å². The molecule has 0 spiro atoms. The predicted octanol–water partition coefficient (Wildman–Crippen LogP) is 7.20. The minimum Gasteiger partial charge on any atom is -0.463 e. The fraction of sp³-hybridized carbons (Fsp3) is 0.174. The van der Waals surface area contributed by atoms with Gasteiger partial charge in [0.05, 0.1) is 16.8 Å². The van der Waals surface area contributed by atoms with Gasteiger partial charge in [0.2, 0.25) is 6.23 Å². The summed E-state index contributed by atoms with van der Waals surface area (Å²) in [6.07, 6.45) is 0.369. The molecule has 2 aliphatic heterocycles. The molecule has 2 aliphatic rings. The van der Waals surface area contributed by atoms with Crippen molar-refractivity contribution in [3.63, 3.8) is 0 Å². The number of benzene rings is 3. The van der Waals surface area contributed by atoms with Crippen LogP contribution < -0.4 is 4.74 Å². The van der Waals surface area contributed by atoms with Crippen molar-refractivity contribution in [1.82, 2.24) is 5.01 Å². The number of hydrogen-bond donors (Lipinski definition) is 0. The first kappa shape index (κ1) is 18.8. The number of fused-ring (bicyclic) bond motifs is 3. The molecule has 0 saturated heterocycles. The van der Waals surface area contributed by atoms with Crippen LogP contribution >= 0.6 is 34.8 Å². The largest absolute Gasteiger partial charge is 0.463 e. The third-order valence-electron chi connectivity index (χ3n) is 5.35. The number of rotatable bonds is 2. The van der Waals surface area contributed by atoms with E-state index in [2.05, 4.69) is 31.2 Å². The first-order valence-corrected chi connectivity index (χ1v) is 10.5. The molecule has 0 bridgehead atoms. The fourth-order valence-corrected chi connectivity index (χ4v) is 4.56. The van der Waals surface area contributed by atoms with E-state index in [1.807, 2.05) is 35.3 Å². The Morgan fingerprint density at radius 2 is 1.66 bits per heavy atom. The summed E-state index contributed by atoms with van der Waals surface area (Å²) < 4.78 is 6.37. The van der Waals surface area contributed by atoms with Gasteiger partial charge in [-0.2, -0.15) is 5.10 Å². The summed E-state index contributed by atoms with van der Waals surface area (Å²) in [6.45, 7) is 2.06. The summed E-state index contributed by atoms with van der Waals surface area (Å²) in [5, 5.41) is 8.77. The van der Waals surface area contributed by atoms with Crippen LogP contribution in [-0.4, -0.2) is 10.7 Å². The van der Waals surface area contributed by atoms with Crippen LogP contribution in [0.2, 0.25) is 15.1 Å². The van der Waals surface area contributed by atoms with E-state index in [0.717, 1.165) is 28.8 Å². The highest BCUT2D eigenvalue weighted by Gasteiger charge is 2.42. The summed E-state index contributed by atoms with van der Waals surface area (Å²) in [6, 6.07) is 19.7. The minimum atomic E-state index is -0.364. The third-order valence-corrected chi connectivity index (χ3v) is 6.10. The van der Waals surface area contributed by atoms with Gasteiger partial charge >= 0.3 is 0 Å². The van der Waals surface area contributed by atoms with Gasteiger partial charge in [0.25, 0.3) is 0 Å². The van der Waals surface area contributed by atoms with Crippen molar-refractivity contribution in [1.29, 1.82) is 0 Å². The molecule has 0 aromatic heterocycles. The van der Waals surface area contributed by atoms with E-state index >= 15 is 0 Å². The molecule has 0 radical (unpaired) electrons. The molecule has 29 heavy (non-hydrogen) atoms. The molecule has 6 heteroatoms. The molecule has 2 heterocycles. The Morgan fingerprint density at radius 3 is 2.38 bits per heavy atom. The van der Waals surface area contributed by atoms with Crippen molar-refractivity contribution in [2.75, 3.05) is 0 Å². The lowest BCUT2D eigenvalue weighted by atomic mass is 9.95. The van der Waals surface area contributed by atoms with E-state index in [-0.39, 0.29) is 12.3 Å². The van der Waals surface area contributed by atoms with E-state index in [4.69, 9.17) is 44.6 Å². The molecule has 3 nitrogen and oxygen atoms in total. The van der Waals surface area contributed by atoms with Crippen LogP contribution in [0.5, 0.6) is 5.75 Å². The lowest BCUT2D eigenvalue weighted by Gasteiger charge is -2.38. The van der Waals surface area contributed by atoms with Gasteiger partial charge in [0, 0.05) is 27.6 Å². The molecule has 3 aromatic carbocycles. The Morgan fingerprint density at radius 1 is 0.931 bits per heavy atom. The van der Waals surface area contributed by atoms with Crippen LogP contribution in [0.3, 0.4) is 0 Å². The first-order valence-electron chi connectivity index (χ1n) is 9.33. The number of halogens is 3. The minimum absolute atomic E-state index is 0.00747. The zero-order valence-electron chi connectivity index (χ0n) is 15.6. The van der Waals surface area contributed by atoms with Crippen molar-refractivity contribution >= 4 is 40.5 Å². The molecule has 0 saturated carbocycles. The maximum atomic E-state index is 6.51. The van der Waals surface area contributed by atoms with Crippen LogP contribution in [0.1, 0.15) is 40.9 Å². The summed E-state index contributed by atoms with van der Waals surface area (Å²) in [5.41, 5.74) is 5.20. The van der Waals surface area contributed by atoms with Gasteiger partial charge in [-0.15, -0.1) is 0 Å². The number of hydrazone groups is 1. The number of aryl methyl sites for hydroxylation is 1. The quantitative estimate of drug-likeness (QED) is 0.418. The normalized spacial score (nSPS) is 20.0. The Hall–Kier alpha value is -2.20. The van der Waals surface area contributed by atoms with Crippen LogP contribution in [0.25, 0.3) is 0 Å². The molecule has 0 N–H and O–H groups in total. The van der Waals surface area contributed by atoms with Gasteiger partial charge in [0.1, 0.15) is 5.75 Å². The van der Waals surface area contributed by atoms with E-state index in [1.54, 1.807) is 6.07 Å². The van der Waals surface area contributed by atoms with Crippen molar-refractivity contribution in [3.05, 3.63) is 98.0 Å². The monoisotopic (exact) mass is 442 g/mol. The molecular formula is C23H17Cl3N2O. The average molecular weight is 444 g/mol. The number of ether oxygens (including phenoxy) is 1. The SMILES string of the molecule is Cc1ccc(C2Oc3c(Cl)cc(Cl)cc3C3CC(c4ccc(Cl)cc4)=NN32)cc1. The Balaban J connectivity index is 1.62. The lowest BCUT2D eigenvalue weighted by molar-refractivity contribution is -0.0189. The molecule has 3 aromatic rings. The van der Waals surface area contributed by atoms with E-state index in [0.29, 0.717) is 20.8 Å². The zero-order valence-corrected chi connectivity index (χ0v) is 17.8. The molecule has 2 unspecified atom stereocenters. The summed E-state index contributed by atoms with van der Waals surface area (Å²) in [4.78, 5) is 0. The maximum Gasteiger partial charge on any atom is 0.213 e.